The monoisotopic (exact) mass is 479 g/mol. The predicted molar refractivity (Wildman–Crippen MR) is 136 cm³/mol. The van der Waals surface area contributed by atoms with E-state index in [0.717, 1.165) is 41.5 Å². The van der Waals surface area contributed by atoms with Crippen molar-refractivity contribution in [2.24, 2.45) is 0 Å². The van der Waals surface area contributed by atoms with Crippen molar-refractivity contribution < 1.29 is 9.53 Å². The summed E-state index contributed by atoms with van der Waals surface area (Å²) < 4.78 is 6.16. The molecule has 178 valence electrons. The Balaban J connectivity index is 1.63. The fourth-order valence-electron chi connectivity index (χ4n) is 3.54. The summed E-state index contributed by atoms with van der Waals surface area (Å²) in [6, 6.07) is 13.1. The number of nitrogens with two attached hydrogens (primary N) is 2. The Kier molecular flexibility index (Phi) is 7.39. The average Bonchev–Trinajstić information content (AvgIpc) is 2.82. The molecule has 9 nitrogen and oxygen atoms in total. The summed E-state index contributed by atoms with van der Waals surface area (Å²) in [5.74, 6) is 0.910. The van der Waals surface area contributed by atoms with Crippen LogP contribution < -0.4 is 26.4 Å². The molecule has 1 saturated heterocycles. The number of nitrogen functional groups attached to an aromatic ring is 2. The maximum absolute atomic E-state index is 11.5. The average molecular weight is 480 g/mol. The van der Waals surface area contributed by atoms with Crippen molar-refractivity contribution in [2.45, 2.75) is 23.3 Å². The summed E-state index contributed by atoms with van der Waals surface area (Å²) in [6.45, 7) is 5.32. The summed E-state index contributed by atoms with van der Waals surface area (Å²) in [4.78, 5) is 26.8. The zero-order chi connectivity index (χ0) is 24.1. The van der Waals surface area contributed by atoms with Gasteiger partial charge in [0.15, 0.2) is 0 Å². The minimum atomic E-state index is -0.182. The number of nitrogens with zero attached hydrogens (tertiary/aromatic N) is 4. The normalized spacial score (nSPS) is 14.1. The van der Waals surface area contributed by atoms with Gasteiger partial charge in [-0.1, -0.05) is 36.0 Å². The quantitative estimate of drug-likeness (QED) is 0.439. The number of hydrogen-bond acceptors (Lipinski definition) is 9. The second kappa shape index (κ2) is 10.6. The lowest BCUT2D eigenvalue weighted by Gasteiger charge is -2.32. The molecule has 0 atom stereocenters. The molecule has 5 N–H and O–H groups in total. The number of aromatic nitrogens is 2. The smallest absolute Gasteiger partial charge is 0.232 e. The number of ether oxygens (including phenoxy) is 1. The summed E-state index contributed by atoms with van der Waals surface area (Å²) >= 11 is 1.39. The molecule has 0 bridgehead atoms. The Morgan fingerprint density at radius 3 is 2.59 bits per heavy atom. The van der Waals surface area contributed by atoms with Gasteiger partial charge < -0.3 is 31.3 Å². The third-order valence-corrected chi connectivity index (χ3v) is 6.59. The van der Waals surface area contributed by atoms with Gasteiger partial charge in [-0.3, -0.25) is 4.79 Å². The summed E-state index contributed by atoms with van der Waals surface area (Å²) in [5, 5.41) is 2.76. The third-order valence-electron chi connectivity index (χ3n) is 5.51. The molecule has 2 heterocycles. The lowest BCUT2D eigenvalue weighted by Crippen LogP contribution is -2.45. The topological polar surface area (TPSA) is 123 Å². The first-order valence-electron chi connectivity index (χ1n) is 11.0. The number of nitrogens with one attached hydrogen (secondary N) is 1. The third kappa shape index (κ3) is 5.70. The Morgan fingerprint density at radius 1 is 1.09 bits per heavy atom. The van der Waals surface area contributed by atoms with Crippen LogP contribution in [0.5, 0.6) is 5.88 Å². The highest BCUT2D eigenvalue weighted by Crippen LogP contribution is 2.40. The molecule has 4 rings (SSSR count). The molecule has 2 aromatic carbocycles. The van der Waals surface area contributed by atoms with Crippen molar-refractivity contribution in [3.63, 3.8) is 0 Å². The van der Waals surface area contributed by atoms with Crippen LogP contribution in [0, 0.1) is 0 Å². The summed E-state index contributed by atoms with van der Waals surface area (Å²) in [7, 11) is 2.11. The first-order chi connectivity index (χ1) is 16.4. The second-order valence-corrected chi connectivity index (χ2v) is 9.20. The Bertz CT molecular complexity index is 1170. The van der Waals surface area contributed by atoms with Gasteiger partial charge in [0.1, 0.15) is 6.61 Å². The Hall–Kier alpha value is -3.50. The van der Waals surface area contributed by atoms with E-state index >= 15 is 0 Å². The van der Waals surface area contributed by atoms with Crippen LogP contribution >= 0.6 is 11.8 Å². The van der Waals surface area contributed by atoms with Gasteiger partial charge in [-0.15, -0.1) is 0 Å². The molecule has 1 aliphatic rings. The fourth-order valence-corrected chi connectivity index (χ4v) is 4.44. The number of piperazine rings is 1. The highest BCUT2D eigenvalue weighted by molar-refractivity contribution is 7.99. The van der Waals surface area contributed by atoms with Gasteiger partial charge in [0.05, 0.1) is 22.5 Å². The molecule has 0 saturated carbocycles. The molecule has 1 amide bonds. The van der Waals surface area contributed by atoms with Gasteiger partial charge in [-0.2, -0.15) is 4.98 Å². The van der Waals surface area contributed by atoms with Crippen molar-refractivity contribution in [1.82, 2.24) is 14.9 Å². The Morgan fingerprint density at radius 2 is 1.85 bits per heavy atom. The molecule has 34 heavy (non-hydrogen) atoms. The highest BCUT2D eigenvalue weighted by atomic mass is 32.2. The van der Waals surface area contributed by atoms with Gasteiger partial charge in [0, 0.05) is 49.2 Å². The molecule has 0 aliphatic carbocycles. The SMILES string of the molecule is CC(=O)Nc1cccc(Sc2cnc(N3CCN(C)CC3)nc2OCc2ccccc2N)c1N. The van der Waals surface area contributed by atoms with E-state index in [2.05, 4.69) is 27.1 Å². The van der Waals surface area contributed by atoms with E-state index in [1.54, 1.807) is 12.3 Å². The Labute approximate surface area is 203 Å². The van der Waals surface area contributed by atoms with E-state index < -0.39 is 0 Å². The summed E-state index contributed by atoms with van der Waals surface area (Å²) in [6.07, 6.45) is 1.76. The van der Waals surface area contributed by atoms with E-state index in [4.69, 9.17) is 21.2 Å². The number of amides is 1. The van der Waals surface area contributed by atoms with Gasteiger partial charge in [-0.05, 0) is 25.2 Å². The van der Waals surface area contributed by atoms with Crippen LogP contribution in [0.4, 0.5) is 23.0 Å². The van der Waals surface area contributed by atoms with Crippen molar-refractivity contribution in [2.75, 3.05) is 54.9 Å². The fraction of sp³-hybridized carbons (Fsp3) is 0.292. The van der Waals surface area contributed by atoms with Crippen LogP contribution in [-0.4, -0.2) is 54.0 Å². The van der Waals surface area contributed by atoms with Crippen LogP contribution in [0.3, 0.4) is 0 Å². The lowest BCUT2D eigenvalue weighted by atomic mass is 10.2. The molecule has 0 radical (unpaired) electrons. The van der Waals surface area contributed by atoms with Crippen molar-refractivity contribution >= 4 is 40.7 Å². The van der Waals surface area contributed by atoms with E-state index in [9.17, 15) is 4.79 Å². The van der Waals surface area contributed by atoms with Crippen molar-refractivity contribution in [1.29, 1.82) is 0 Å². The number of benzene rings is 2. The standard InChI is InChI=1S/C24H29N7O2S/c1-16(32)28-19-8-5-9-20(22(19)26)34-21-14-27-24(31-12-10-30(2)11-13-31)29-23(21)33-15-17-6-3-4-7-18(17)25/h3-9,14H,10-13,15,25-26H2,1-2H3,(H,28,32). The molecule has 0 spiro atoms. The molecular weight excluding hydrogens is 450 g/mol. The van der Waals surface area contributed by atoms with Crippen molar-refractivity contribution in [3.8, 4) is 5.88 Å². The number of likely N-dealkylation sites (N-methyl/N-ethyl adjacent to an activating group) is 1. The first kappa shape index (κ1) is 23.7. The number of carbonyl (C=O) groups is 1. The van der Waals surface area contributed by atoms with E-state index in [1.165, 1.54) is 18.7 Å². The van der Waals surface area contributed by atoms with Crippen molar-refractivity contribution in [3.05, 3.63) is 54.2 Å². The minimum Gasteiger partial charge on any atom is -0.472 e. The predicted octanol–water partition coefficient (Wildman–Crippen LogP) is 3.08. The molecule has 1 aromatic heterocycles. The van der Waals surface area contributed by atoms with Crippen LogP contribution in [0.1, 0.15) is 12.5 Å². The number of rotatable bonds is 7. The van der Waals surface area contributed by atoms with E-state index in [-0.39, 0.29) is 12.5 Å². The number of anilines is 4. The van der Waals surface area contributed by atoms with Gasteiger partial charge in [0.2, 0.25) is 17.7 Å². The highest BCUT2D eigenvalue weighted by Gasteiger charge is 2.20. The lowest BCUT2D eigenvalue weighted by molar-refractivity contribution is -0.114. The second-order valence-electron chi connectivity index (χ2n) is 8.12. The molecular formula is C24H29N7O2S. The summed E-state index contributed by atoms with van der Waals surface area (Å²) in [5.41, 5.74) is 15.0. The van der Waals surface area contributed by atoms with Crippen LogP contribution in [-0.2, 0) is 11.4 Å². The van der Waals surface area contributed by atoms with E-state index in [1.807, 2.05) is 36.4 Å². The maximum atomic E-state index is 11.5. The molecule has 3 aromatic rings. The first-order valence-corrected chi connectivity index (χ1v) is 11.8. The van der Waals surface area contributed by atoms with Gasteiger partial charge >= 0.3 is 0 Å². The largest absolute Gasteiger partial charge is 0.472 e. The molecule has 0 unspecified atom stereocenters. The van der Waals surface area contributed by atoms with Crippen LogP contribution in [0.2, 0.25) is 0 Å². The number of para-hydroxylation sites is 2. The molecule has 10 heteroatoms. The van der Waals surface area contributed by atoms with Crippen LogP contribution in [0.15, 0.2) is 58.5 Å². The van der Waals surface area contributed by atoms with E-state index in [0.29, 0.717) is 28.9 Å². The molecule has 1 aliphatic heterocycles. The number of hydrogen-bond donors (Lipinski definition) is 3. The zero-order valence-corrected chi connectivity index (χ0v) is 20.1. The molecule has 1 fully saturated rings. The zero-order valence-electron chi connectivity index (χ0n) is 19.3. The maximum Gasteiger partial charge on any atom is 0.232 e. The minimum absolute atomic E-state index is 0.182. The number of carbonyl (C=O) groups excluding carboxylic acids is 1. The van der Waals surface area contributed by atoms with Crippen LogP contribution in [0.25, 0.3) is 0 Å². The van der Waals surface area contributed by atoms with Gasteiger partial charge in [-0.25, -0.2) is 4.98 Å². The van der Waals surface area contributed by atoms with Gasteiger partial charge in [0.25, 0.3) is 0 Å².